The summed E-state index contributed by atoms with van der Waals surface area (Å²) in [5.74, 6) is 0.818. The van der Waals surface area contributed by atoms with Crippen LogP contribution in [0.25, 0.3) is 0 Å². The zero-order valence-corrected chi connectivity index (χ0v) is 12.7. The highest BCUT2D eigenvalue weighted by atomic mass is 32.2. The van der Waals surface area contributed by atoms with Crippen LogP contribution < -0.4 is 5.73 Å². The van der Waals surface area contributed by atoms with Crippen LogP contribution in [0.5, 0.6) is 0 Å². The van der Waals surface area contributed by atoms with E-state index in [0.29, 0.717) is 5.82 Å². The van der Waals surface area contributed by atoms with Crippen molar-refractivity contribution in [3.05, 3.63) is 11.9 Å². The molecule has 0 saturated heterocycles. The Labute approximate surface area is 118 Å². The first-order chi connectivity index (χ1) is 8.61. The third kappa shape index (κ3) is 2.93. The van der Waals surface area contributed by atoms with Gasteiger partial charge in [-0.15, -0.1) is 10.2 Å². The summed E-state index contributed by atoms with van der Waals surface area (Å²) in [6, 6.07) is 0. The maximum atomic E-state index is 5.91. The molecule has 5 nitrogen and oxygen atoms in total. The van der Waals surface area contributed by atoms with Crippen molar-refractivity contribution in [2.75, 3.05) is 12.0 Å². The van der Waals surface area contributed by atoms with Gasteiger partial charge in [-0.05, 0) is 23.9 Å². The SMILES string of the molecule is CSc1nnc(Sc2ncnc(N)c2C(C)C)s1. The summed E-state index contributed by atoms with van der Waals surface area (Å²) in [5, 5.41) is 9.05. The minimum atomic E-state index is 0.279. The van der Waals surface area contributed by atoms with E-state index in [1.165, 1.54) is 18.1 Å². The number of nitrogens with two attached hydrogens (primary N) is 1. The van der Waals surface area contributed by atoms with E-state index in [4.69, 9.17) is 5.73 Å². The molecule has 2 N–H and O–H groups in total. The second-order valence-electron chi connectivity index (χ2n) is 3.77. The summed E-state index contributed by atoms with van der Waals surface area (Å²) >= 11 is 4.64. The fraction of sp³-hybridized carbons (Fsp3) is 0.400. The number of anilines is 1. The molecule has 2 aromatic heterocycles. The third-order valence-corrected chi connectivity index (χ3v) is 5.17. The van der Waals surface area contributed by atoms with Crippen molar-refractivity contribution >= 4 is 40.7 Å². The monoisotopic (exact) mass is 299 g/mol. The largest absolute Gasteiger partial charge is 0.383 e. The second-order valence-corrected chi connectivity index (χ2v) is 7.04. The van der Waals surface area contributed by atoms with Crippen molar-refractivity contribution in [1.29, 1.82) is 0 Å². The van der Waals surface area contributed by atoms with Gasteiger partial charge in [0.25, 0.3) is 0 Å². The Hall–Kier alpha value is -0.860. The highest BCUT2D eigenvalue weighted by Crippen LogP contribution is 2.36. The van der Waals surface area contributed by atoms with Gasteiger partial charge in [0.05, 0.1) is 0 Å². The van der Waals surface area contributed by atoms with Gasteiger partial charge in [0.1, 0.15) is 17.2 Å². The number of thioether (sulfide) groups is 1. The zero-order valence-electron chi connectivity index (χ0n) is 10.2. The molecule has 0 fully saturated rings. The molecule has 0 radical (unpaired) electrons. The van der Waals surface area contributed by atoms with Crippen LogP contribution in [0.2, 0.25) is 0 Å². The van der Waals surface area contributed by atoms with Crippen LogP contribution in [0.3, 0.4) is 0 Å². The van der Waals surface area contributed by atoms with E-state index in [-0.39, 0.29) is 5.92 Å². The van der Waals surface area contributed by atoms with Gasteiger partial charge in [-0.2, -0.15) is 0 Å². The van der Waals surface area contributed by atoms with Crippen LogP contribution in [0.1, 0.15) is 25.3 Å². The minimum Gasteiger partial charge on any atom is -0.383 e. The second kappa shape index (κ2) is 5.85. The molecule has 0 atom stereocenters. The Morgan fingerprint density at radius 1 is 1.22 bits per heavy atom. The summed E-state index contributed by atoms with van der Waals surface area (Å²) in [6.45, 7) is 4.15. The van der Waals surface area contributed by atoms with Gasteiger partial charge < -0.3 is 5.73 Å². The van der Waals surface area contributed by atoms with Crippen LogP contribution in [0.4, 0.5) is 5.82 Å². The number of hydrogen-bond donors (Lipinski definition) is 1. The van der Waals surface area contributed by atoms with Gasteiger partial charge in [0, 0.05) is 5.56 Å². The lowest BCUT2D eigenvalue weighted by Gasteiger charge is -2.11. The van der Waals surface area contributed by atoms with E-state index >= 15 is 0 Å². The van der Waals surface area contributed by atoms with Crippen LogP contribution in [-0.4, -0.2) is 26.4 Å². The Morgan fingerprint density at radius 2 is 1.94 bits per heavy atom. The van der Waals surface area contributed by atoms with E-state index in [9.17, 15) is 0 Å². The molecular weight excluding hydrogens is 286 g/mol. The Balaban J connectivity index is 2.31. The number of nitrogens with zero attached hydrogens (tertiary/aromatic N) is 4. The van der Waals surface area contributed by atoms with Crippen molar-refractivity contribution in [3.8, 4) is 0 Å². The lowest BCUT2D eigenvalue weighted by molar-refractivity contribution is 0.808. The highest BCUT2D eigenvalue weighted by molar-refractivity contribution is 8.03. The molecule has 0 aliphatic rings. The van der Waals surface area contributed by atoms with Crippen LogP contribution in [-0.2, 0) is 0 Å². The molecule has 0 unspecified atom stereocenters. The third-order valence-electron chi connectivity index (χ3n) is 2.20. The van der Waals surface area contributed by atoms with Crippen LogP contribution in [0, 0.1) is 0 Å². The van der Waals surface area contributed by atoms with Crippen LogP contribution >= 0.6 is 34.9 Å². The Kier molecular flexibility index (Phi) is 4.41. The first-order valence-corrected chi connectivity index (χ1v) is 8.13. The zero-order chi connectivity index (χ0) is 13.1. The van der Waals surface area contributed by atoms with E-state index < -0.39 is 0 Å². The summed E-state index contributed by atoms with van der Waals surface area (Å²) in [6.07, 6.45) is 3.47. The van der Waals surface area contributed by atoms with Crippen molar-refractivity contribution < 1.29 is 0 Å². The predicted molar refractivity (Wildman–Crippen MR) is 76.3 cm³/mol. The fourth-order valence-corrected chi connectivity index (χ4v) is 4.02. The quantitative estimate of drug-likeness (QED) is 0.687. The number of nitrogen functional groups attached to an aromatic ring is 1. The molecule has 0 saturated carbocycles. The first-order valence-electron chi connectivity index (χ1n) is 5.27. The molecule has 8 heteroatoms. The van der Waals surface area contributed by atoms with E-state index in [1.807, 2.05) is 6.26 Å². The van der Waals surface area contributed by atoms with Gasteiger partial charge in [-0.3, -0.25) is 0 Å². The molecular formula is C10H13N5S3. The molecule has 0 aliphatic carbocycles. The molecule has 0 aliphatic heterocycles. The smallest absolute Gasteiger partial charge is 0.181 e. The van der Waals surface area contributed by atoms with Crippen molar-refractivity contribution in [2.24, 2.45) is 0 Å². The predicted octanol–water partition coefficient (Wildman–Crippen LogP) is 2.91. The molecule has 2 rings (SSSR count). The maximum absolute atomic E-state index is 5.91. The lowest BCUT2D eigenvalue weighted by atomic mass is 10.1. The van der Waals surface area contributed by atoms with Crippen molar-refractivity contribution in [1.82, 2.24) is 20.2 Å². The minimum absolute atomic E-state index is 0.279. The average Bonchev–Trinajstić information content (AvgIpc) is 2.76. The van der Waals surface area contributed by atoms with E-state index in [0.717, 1.165) is 19.3 Å². The summed E-state index contributed by atoms with van der Waals surface area (Å²) in [7, 11) is 0. The van der Waals surface area contributed by atoms with Gasteiger partial charge in [-0.25, -0.2) is 9.97 Å². The molecule has 96 valence electrons. The first kappa shape index (κ1) is 13.6. The number of aromatic nitrogens is 4. The molecule has 0 spiro atoms. The van der Waals surface area contributed by atoms with Crippen molar-refractivity contribution in [3.63, 3.8) is 0 Å². The fourth-order valence-electron chi connectivity index (χ4n) is 1.42. The molecule has 2 aromatic rings. The van der Waals surface area contributed by atoms with E-state index in [2.05, 4.69) is 34.0 Å². The van der Waals surface area contributed by atoms with Gasteiger partial charge in [0.2, 0.25) is 0 Å². The topological polar surface area (TPSA) is 77.6 Å². The van der Waals surface area contributed by atoms with E-state index in [1.54, 1.807) is 23.1 Å². The highest BCUT2D eigenvalue weighted by Gasteiger charge is 2.16. The Bertz CT molecular complexity index is 540. The van der Waals surface area contributed by atoms with Gasteiger partial charge >= 0.3 is 0 Å². The normalized spacial score (nSPS) is 11.1. The van der Waals surface area contributed by atoms with Gasteiger partial charge in [-0.1, -0.05) is 36.9 Å². The van der Waals surface area contributed by atoms with Crippen molar-refractivity contribution in [2.45, 2.75) is 33.5 Å². The number of rotatable bonds is 4. The van der Waals surface area contributed by atoms with Crippen LogP contribution in [0.15, 0.2) is 20.0 Å². The average molecular weight is 299 g/mol. The maximum Gasteiger partial charge on any atom is 0.181 e. The molecule has 2 heterocycles. The van der Waals surface area contributed by atoms with Gasteiger partial charge in [0.15, 0.2) is 8.68 Å². The lowest BCUT2D eigenvalue weighted by Crippen LogP contribution is -2.03. The Morgan fingerprint density at radius 3 is 2.56 bits per heavy atom. The summed E-state index contributed by atoms with van der Waals surface area (Å²) in [4.78, 5) is 8.34. The summed E-state index contributed by atoms with van der Waals surface area (Å²) < 4.78 is 1.82. The number of hydrogen-bond acceptors (Lipinski definition) is 8. The standard InChI is InChI=1S/C10H13N5S3/c1-5(2)6-7(11)12-4-13-8(6)17-10-15-14-9(16-3)18-10/h4-5H,1-3H3,(H2,11,12,13). The molecule has 0 aromatic carbocycles. The molecule has 0 amide bonds. The summed E-state index contributed by atoms with van der Waals surface area (Å²) in [5.41, 5.74) is 6.88. The molecule has 0 bridgehead atoms. The molecule has 18 heavy (non-hydrogen) atoms.